The first-order valence-electron chi connectivity index (χ1n) is 12.6. The lowest BCUT2D eigenvalue weighted by molar-refractivity contribution is 0.754. The highest BCUT2D eigenvalue weighted by Gasteiger charge is 2.22. The molecular formula is C33H23BrN4. The maximum Gasteiger partial charge on any atom is 0.169 e. The maximum absolute atomic E-state index is 5.07. The molecule has 0 radical (unpaired) electrons. The SMILES string of the molecule is Brc1ccc(C2N=C(c3ccccc3)NC(c3ccccc3)=N2)cc1-n1c2ccccc2c2ccccc21. The third-order valence-electron chi connectivity index (χ3n) is 6.92. The molecular weight excluding hydrogens is 532 g/mol. The predicted molar refractivity (Wildman–Crippen MR) is 160 cm³/mol. The van der Waals surface area contributed by atoms with Crippen LogP contribution in [0, 0.1) is 0 Å². The molecule has 0 fully saturated rings. The van der Waals surface area contributed by atoms with Gasteiger partial charge in [0.1, 0.15) is 11.7 Å². The molecule has 38 heavy (non-hydrogen) atoms. The fourth-order valence-electron chi connectivity index (χ4n) is 5.13. The molecule has 0 unspecified atom stereocenters. The van der Waals surface area contributed by atoms with E-state index >= 15 is 0 Å². The van der Waals surface area contributed by atoms with Crippen LogP contribution in [0.3, 0.4) is 0 Å². The third-order valence-corrected chi connectivity index (χ3v) is 7.59. The summed E-state index contributed by atoms with van der Waals surface area (Å²) in [6.07, 6.45) is -0.387. The number of fused-ring (bicyclic) bond motifs is 3. The summed E-state index contributed by atoms with van der Waals surface area (Å²) in [7, 11) is 0. The standard InChI is InChI=1S/C33H23BrN4/c34-27-20-19-24(21-30(27)38-28-17-9-7-15-25(28)26-16-8-10-18-29(26)38)33-36-31(22-11-3-1-4-12-22)35-32(37-33)23-13-5-2-6-14-23/h1-21,33H,(H,35,36,37). The molecule has 1 aliphatic heterocycles. The molecule has 1 N–H and O–H groups in total. The number of para-hydroxylation sites is 2. The van der Waals surface area contributed by atoms with Crippen LogP contribution in [-0.4, -0.2) is 16.2 Å². The Hall–Kier alpha value is -4.48. The second-order valence-electron chi connectivity index (χ2n) is 9.27. The Labute approximate surface area is 229 Å². The molecule has 5 heteroatoms. The van der Waals surface area contributed by atoms with Crippen LogP contribution in [0.2, 0.25) is 0 Å². The summed E-state index contributed by atoms with van der Waals surface area (Å²) in [5.74, 6) is 1.62. The van der Waals surface area contributed by atoms with Crippen LogP contribution in [0.1, 0.15) is 22.9 Å². The predicted octanol–water partition coefficient (Wildman–Crippen LogP) is 8.04. The van der Waals surface area contributed by atoms with Crippen LogP contribution in [0.4, 0.5) is 0 Å². The van der Waals surface area contributed by atoms with Crippen LogP contribution in [-0.2, 0) is 0 Å². The molecule has 1 aromatic heterocycles. The van der Waals surface area contributed by atoms with Crippen LogP contribution in [0.5, 0.6) is 0 Å². The smallest absolute Gasteiger partial charge is 0.169 e. The number of hydrogen-bond donors (Lipinski definition) is 1. The van der Waals surface area contributed by atoms with E-state index in [4.69, 9.17) is 9.98 Å². The van der Waals surface area contributed by atoms with Gasteiger partial charge in [0.25, 0.3) is 0 Å². The van der Waals surface area contributed by atoms with Gasteiger partial charge in [-0.25, -0.2) is 9.98 Å². The molecule has 0 saturated carbocycles. The normalized spacial score (nSPS) is 13.8. The molecule has 7 rings (SSSR count). The summed E-state index contributed by atoms with van der Waals surface area (Å²) in [4.78, 5) is 10.1. The molecule has 4 nitrogen and oxygen atoms in total. The molecule has 0 spiro atoms. The monoisotopic (exact) mass is 554 g/mol. The van der Waals surface area contributed by atoms with Gasteiger partial charge in [0.15, 0.2) is 6.17 Å². The highest BCUT2D eigenvalue weighted by molar-refractivity contribution is 9.10. The Balaban J connectivity index is 1.41. The largest absolute Gasteiger partial charge is 0.324 e. The van der Waals surface area contributed by atoms with Gasteiger partial charge >= 0.3 is 0 Å². The van der Waals surface area contributed by atoms with Crippen LogP contribution < -0.4 is 5.32 Å². The van der Waals surface area contributed by atoms with E-state index in [1.54, 1.807) is 0 Å². The Kier molecular flexibility index (Phi) is 5.64. The zero-order valence-electron chi connectivity index (χ0n) is 20.4. The van der Waals surface area contributed by atoms with Gasteiger partial charge in [-0.3, -0.25) is 0 Å². The quantitative estimate of drug-likeness (QED) is 0.235. The van der Waals surface area contributed by atoms with E-state index in [1.807, 2.05) is 36.4 Å². The number of halogens is 1. The zero-order valence-corrected chi connectivity index (χ0v) is 22.0. The Morgan fingerprint density at radius 1 is 0.579 bits per heavy atom. The van der Waals surface area contributed by atoms with Crippen molar-refractivity contribution >= 4 is 49.4 Å². The molecule has 0 atom stereocenters. The number of rotatable bonds is 4. The van der Waals surface area contributed by atoms with Gasteiger partial charge in [-0.15, -0.1) is 0 Å². The lowest BCUT2D eigenvalue weighted by atomic mass is 10.1. The fraction of sp³-hybridized carbons (Fsp3) is 0.0303. The summed E-state index contributed by atoms with van der Waals surface area (Å²) in [5, 5.41) is 5.94. The van der Waals surface area contributed by atoms with E-state index < -0.39 is 0 Å². The van der Waals surface area contributed by atoms with Gasteiger partial charge in [-0.1, -0.05) is 103 Å². The lowest BCUT2D eigenvalue weighted by Crippen LogP contribution is -2.36. The van der Waals surface area contributed by atoms with Crippen molar-refractivity contribution in [2.75, 3.05) is 0 Å². The van der Waals surface area contributed by atoms with Gasteiger partial charge in [-0.2, -0.15) is 0 Å². The van der Waals surface area contributed by atoms with Gasteiger partial charge in [-0.05, 0) is 40.2 Å². The molecule has 0 aliphatic carbocycles. The summed E-state index contributed by atoms with van der Waals surface area (Å²) < 4.78 is 3.34. The van der Waals surface area contributed by atoms with Crippen molar-refractivity contribution < 1.29 is 0 Å². The number of nitrogens with zero attached hydrogens (tertiary/aromatic N) is 3. The van der Waals surface area contributed by atoms with Crippen molar-refractivity contribution in [2.24, 2.45) is 9.98 Å². The van der Waals surface area contributed by atoms with Gasteiger partial charge in [0, 0.05) is 31.9 Å². The molecule has 182 valence electrons. The topological polar surface area (TPSA) is 41.7 Å². The summed E-state index contributed by atoms with van der Waals surface area (Å²) in [6, 6.07) is 44.0. The number of hydrogen-bond acceptors (Lipinski definition) is 3. The summed E-state index contributed by atoms with van der Waals surface area (Å²) in [5.41, 5.74) is 6.47. The minimum Gasteiger partial charge on any atom is -0.324 e. The van der Waals surface area contributed by atoms with E-state index in [9.17, 15) is 0 Å². The first kappa shape index (κ1) is 22.7. The molecule has 0 amide bonds. The van der Waals surface area contributed by atoms with Crippen molar-refractivity contribution in [3.63, 3.8) is 0 Å². The van der Waals surface area contributed by atoms with E-state index in [2.05, 4.69) is 117 Å². The maximum atomic E-state index is 5.07. The molecule has 2 heterocycles. The van der Waals surface area contributed by atoms with Crippen LogP contribution in [0.15, 0.2) is 142 Å². The Morgan fingerprint density at radius 3 is 1.63 bits per heavy atom. The molecule has 5 aromatic carbocycles. The Morgan fingerprint density at radius 2 is 1.08 bits per heavy atom. The number of aromatic nitrogens is 1. The highest BCUT2D eigenvalue weighted by atomic mass is 79.9. The fourth-order valence-corrected chi connectivity index (χ4v) is 5.55. The number of nitrogens with one attached hydrogen (secondary N) is 1. The van der Waals surface area contributed by atoms with E-state index in [1.165, 1.54) is 21.8 Å². The highest BCUT2D eigenvalue weighted by Crippen LogP contribution is 2.36. The van der Waals surface area contributed by atoms with Crippen molar-refractivity contribution in [1.29, 1.82) is 0 Å². The van der Waals surface area contributed by atoms with E-state index in [0.717, 1.165) is 38.5 Å². The molecule has 0 bridgehead atoms. The second-order valence-corrected chi connectivity index (χ2v) is 10.1. The van der Waals surface area contributed by atoms with E-state index in [-0.39, 0.29) is 6.17 Å². The van der Waals surface area contributed by atoms with Crippen molar-refractivity contribution in [1.82, 2.24) is 9.88 Å². The minimum absolute atomic E-state index is 0.387. The van der Waals surface area contributed by atoms with Gasteiger partial charge in [0.2, 0.25) is 0 Å². The number of aliphatic imine (C=N–C) groups is 2. The molecule has 0 saturated heterocycles. The number of benzene rings is 5. The first-order chi connectivity index (χ1) is 18.8. The zero-order chi connectivity index (χ0) is 25.5. The molecule has 6 aromatic rings. The first-order valence-corrected chi connectivity index (χ1v) is 13.4. The van der Waals surface area contributed by atoms with Crippen molar-refractivity contribution in [2.45, 2.75) is 6.17 Å². The second kappa shape index (κ2) is 9.43. The van der Waals surface area contributed by atoms with Crippen LogP contribution in [0.25, 0.3) is 27.5 Å². The average Bonchev–Trinajstić information content (AvgIpc) is 3.32. The van der Waals surface area contributed by atoms with Gasteiger partial charge < -0.3 is 9.88 Å². The minimum atomic E-state index is -0.387. The lowest BCUT2D eigenvalue weighted by Gasteiger charge is -2.23. The number of amidine groups is 2. The molecule has 1 aliphatic rings. The van der Waals surface area contributed by atoms with Crippen LogP contribution >= 0.6 is 15.9 Å². The summed E-state index contributed by atoms with van der Waals surface area (Å²) in [6.45, 7) is 0. The third kappa shape index (κ3) is 3.92. The average molecular weight is 555 g/mol. The van der Waals surface area contributed by atoms with E-state index in [0.29, 0.717) is 0 Å². The van der Waals surface area contributed by atoms with Crippen molar-refractivity contribution in [3.05, 3.63) is 149 Å². The van der Waals surface area contributed by atoms with Crippen molar-refractivity contribution in [3.8, 4) is 5.69 Å². The van der Waals surface area contributed by atoms with Gasteiger partial charge in [0.05, 0.1) is 16.7 Å². The Bertz CT molecular complexity index is 1740. The summed E-state index contributed by atoms with van der Waals surface area (Å²) >= 11 is 3.84.